The molecule has 0 aliphatic heterocycles. The molecule has 2 amide bonds. The van der Waals surface area contributed by atoms with Crippen molar-refractivity contribution in [2.75, 3.05) is 30.7 Å². The summed E-state index contributed by atoms with van der Waals surface area (Å²) in [7, 11) is 0. The van der Waals surface area contributed by atoms with Crippen LogP contribution in [0.3, 0.4) is 0 Å². The van der Waals surface area contributed by atoms with E-state index in [2.05, 4.69) is 20.9 Å². The van der Waals surface area contributed by atoms with Gasteiger partial charge in [0.25, 0.3) is 5.91 Å². The topological polar surface area (TPSA) is 109 Å². The van der Waals surface area contributed by atoms with Gasteiger partial charge in [0.15, 0.2) is 5.13 Å². The van der Waals surface area contributed by atoms with Gasteiger partial charge in [0.1, 0.15) is 10.7 Å². The number of carbonyl (C=O) groups excluding carboxylic acids is 2. The molecule has 8 heteroatoms. The maximum Gasteiger partial charge on any atom is 0.265 e. The Morgan fingerprint density at radius 1 is 1.14 bits per heavy atom. The first-order valence-corrected chi connectivity index (χ1v) is 7.95. The lowest BCUT2D eigenvalue weighted by Gasteiger charge is -2.05. The Labute approximate surface area is 128 Å². The number of anilines is 2. The molecule has 0 fully saturated rings. The number of nitrogens with two attached hydrogens (primary N) is 1. The molecule has 0 aliphatic rings. The molecular formula is C13H23N5O2S. The number of carbonyl (C=O) groups is 2. The molecular weight excluding hydrogens is 290 g/mol. The Morgan fingerprint density at radius 3 is 2.52 bits per heavy atom. The fourth-order valence-corrected chi connectivity index (χ4v) is 2.35. The Hall–Kier alpha value is -1.83. The summed E-state index contributed by atoms with van der Waals surface area (Å²) < 4.78 is 0. The van der Waals surface area contributed by atoms with Gasteiger partial charge in [-0.1, -0.05) is 25.2 Å². The van der Waals surface area contributed by atoms with Crippen molar-refractivity contribution in [3.63, 3.8) is 0 Å². The van der Waals surface area contributed by atoms with E-state index in [9.17, 15) is 9.59 Å². The van der Waals surface area contributed by atoms with Crippen LogP contribution in [0.25, 0.3) is 0 Å². The van der Waals surface area contributed by atoms with E-state index in [1.807, 2.05) is 13.8 Å². The van der Waals surface area contributed by atoms with Crippen molar-refractivity contribution in [1.82, 2.24) is 15.6 Å². The van der Waals surface area contributed by atoms with Crippen LogP contribution in [-0.2, 0) is 4.79 Å². The summed E-state index contributed by atoms with van der Waals surface area (Å²) in [4.78, 5) is 27.8. The van der Waals surface area contributed by atoms with E-state index in [0.717, 1.165) is 19.4 Å². The minimum absolute atomic E-state index is 0.0697. The van der Waals surface area contributed by atoms with Crippen LogP contribution < -0.4 is 21.7 Å². The highest BCUT2D eigenvalue weighted by Gasteiger charge is 2.15. The van der Waals surface area contributed by atoms with E-state index in [1.54, 1.807) is 0 Å². The second kappa shape index (κ2) is 9.17. The standard InChI is InChI=1S/C13H23N5O2S/c1-3-6-15-9(19)5-8-16-12(20)10-11(14)18-13(21-10)17-7-4-2/h3-8,14H2,1-2H3,(H,15,19)(H,16,20)(H,17,18). The summed E-state index contributed by atoms with van der Waals surface area (Å²) in [6.45, 7) is 5.75. The van der Waals surface area contributed by atoms with Gasteiger partial charge in [-0.3, -0.25) is 9.59 Å². The first kappa shape index (κ1) is 17.2. The predicted molar refractivity (Wildman–Crippen MR) is 85.6 cm³/mol. The van der Waals surface area contributed by atoms with Gasteiger partial charge in [0, 0.05) is 26.1 Å². The number of aromatic nitrogens is 1. The molecule has 21 heavy (non-hydrogen) atoms. The number of nitrogen functional groups attached to an aromatic ring is 1. The number of hydrogen-bond acceptors (Lipinski definition) is 6. The third-order valence-electron chi connectivity index (χ3n) is 2.60. The van der Waals surface area contributed by atoms with Gasteiger partial charge in [-0.2, -0.15) is 0 Å². The highest BCUT2D eigenvalue weighted by atomic mass is 32.1. The quantitative estimate of drug-likeness (QED) is 0.547. The Morgan fingerprint density at radius 2 is 1.86 bits per heavy atom. The molecule has 1 heterocycles. The maximum atomic E-state index is 12.0. The van der Waals surface area contributed by atoms with Crippen LogP contribution in [0.1, 0.15) is 42.8 Å². The molecule has 0 atom stereocenters. The van der Waals surface area contributed by atoms with Crippen molar-refractivity contribution in [2.24, 2.45) is 0 Å². The first-order chi connectivity index (χ1) is 10.1. The van der Waals surface area contributed by atoms with Crippen molar-refractivity contribution in [1.29, 1.82) is 0 Å². The van der Waals surface area contributed by atoms with E-state index < -0.39 is 0 Å². The van der Waals surface area contributed by atoms with Gasteiger partial charge in [-0.05, 0) is 12.8 Å². The molecule has 0 saturated carbocycles. The molecule has 1 aromatic heterocycles. The van der Waals surface area contributed by atoms with Crippen LogP contribution in [0.5, 0.6) is 0 Å². The zero-order valence-electron chi connectivity index (χ0n) is 12.5. The van der Waals surface area contributed by atoms with E-state index in [4.69, 9.17) is 5.73 Å². The van der Waals surface area contributed by atoms with Crippen molar-refractivity contribution in [3.05, 3.63) is 4.88 Å². The second-order valence-corrected chi connectivity index (χ2v) is 5.52. The first-order valence-electron chi connectivity index (χ1n) is 7.13. The Balaban J connectivity index is 2.41. The number of nitrogens with one attached hydrogen (secondary N) is 3. The van der Waals surface area contributed by atoms with Gasteiger partial charge < -0.3 is 21.7 Å². The number of hydrogen-bond donors (Lipinski definition) is 4. The monoisotopic (exact) mass is 313 g/mol. The van der Waals surface area contributed by atoms with Crippen LogP contribution >= 0.6 is 11.3 Å². The molecule has 1 rings (SSSR count). The lowest BCUT2D eigenvalue weighted by molar-refractivity contribution is -0.120. The third kappa shape index (κ3) is 5.99. The van der Waals surface area contributed by atoms with Crippen LogP contribution in [0.2, 0.25) is 0 Å². The van der Waals surface area contributed by atoms with Crippen molar-refractivity contribution >= 4 is 34.1 Å². The van der Waals surface area contributed by atoms with Crippen molar-refractivity contribution in [2.45, 2.75) is 33.1 Å². The summed E-state index contributed by atoms with van der Waals surface area (Å²) >= 11 is 1.22. The van der Waals surface area contributed by atoms with Gasteiger partial charge in [0.2, 0.25) is 5.91 Å². The predicted octanol–water partition coefficient (Wildman–Crippen LogP) is 1.19. The molecule has 7 nitrogen and oxygen atoms in total. The molecule has 5 N–H and O–H groups in total. The summed E-state index contributed by atoms with van der Waals surface area (Å²) in [5, 5.41) is 9.16. The minimum atomic E-state index is -0.294. The maximum absolute atomic E-state index is 12.0. The number of rotatable bonds is 9. The lowest BCUT2D eigenvalue weighted by Crippen LogP contribution is -2.31. The highest BCUT2D eigenvalue weighted by molar-refractivity contribution is 7.18. The molecule has 0 saturated heterocycles. The normalized spacial score (nSPS) is 10.2. The largest absolute Gasteiger partial charge is 0.382 e. The fraction of sp³-hybridized carbons (Fsp3) is 0.615. The number of thiazole rings is 1. The third-order valence-corrected chi connectivity index (χ3v) is 3.62. The molecule has 118 valence electrons. The van der Waals surface area contributed by atoms with Crippen molar-refractivity contribution < 1.29 is 9.59 Å². The minimum Gasteiger partial charge on any atom is -0.382 e. The van der Waals surface area contributed by atoms with Crippen LogP contribution in [-0.4, -0.2) is 36.4 Å². The summed E-state index contributed by atoms with van der Waals surface area (Å²) in [5.41, 5.74) is 5.73. The number of amides is 2. The Bertz CT molecular complexity index is 475. The van der Waals surface area contributed by atoms with Crippen LogP contribution in [0.15, 0.2) is 0 Å². The van der Waals surface area contributed by atoms with Crippen molar-refractivity contribution in [3.8, 4) is 0 Å². The zero-order valence-corrected chi connectivity index (χ0v) is 13.3. The summed E-state index contributed by atoms with van der Waals surface area (Å²) in [5.74, 6) is -0.149. The van der Waals surface area contributed by atoms with E-state index in [-0.39, 0.29) is 30.6 Å². The summed E-state index contributed by atoms with van der Waals surface area (Å²) in [6.07, 6.45) is 2.11. The molecule has 0 radical (unpaired) electrons. The van der Waals surface area contributed by atoms with E-state index in [1.165, 1.54) is 11.3 Å². The van der Waals surface area contributed by atoms with Gasteiger partial charge in [-0.25, -0.2) is 4.98 Å². The van der Waals surface area contributed by atoms with Gasteiger partial charge in [-0.15, -0.1) is 0 Å². The van der Waals surface area contributed by atoms with Gasteiger partial charge in [0.05, 0.1) is 0 Å². The molecule has 0 bridgehead atoms. The smallest absolute Gasteiger partial charge is 0.265 e. The average molecular weight is 313 g/mol. The highest BCUT2D eigenvalue weighted by Crippen LogP contribution is 2.24. The average Bonchev–Trinajstić information content (AvgIpc) is 2.84. The number of nitrogens with zero attached hydrogens (tertiary/aromatic N) is 1. The SMILES string of the molecule is CCCNC(=O)CCNC(=O)c1sc(NCCC)nc1N. The van der Waals surface area contributed by atoms with E-state index >= 15 is 0 Å². The van der Waals surface area contributed by atoms with Gasteiger partial charge >= 0.3 is 0 Å². The molecule has 0 aromatic carbocycles. The fourth-order valence-electron chi connectivity index (χ4n) is 1.52. The lowest BCUT2D eigenvalue weighted by atomic mass is 10.3. The van der Waals surface area contributed by atoms with E-state index in [0.29, 0.717) is 16.6 Å². The summed E-state index contributed by atoms with van der Waals surface area (Å²) in [6, 6.07) is 0. The molecule has 0 unspecified atom stereocenters. The van der Waals surface area contributed by atoms with Crippen LogP contribution in [0, 0.1) is 0 Å². The Kier molecular flexibility index (Phi) is 7.52. The zero-order chi connectivity index (χ0) is 15.7. The van der Waals surface area contributed by atoms with Crippen LogP contribution in [0.4, 0.5) is 10.9 Å². The molecule has 0 spiro atoms. The molecule has 1 aromatic rings. The second-order valence-electron chi connectivity index (χ2n) is 4.52. The molecule has 0 aliphatic carbocycles.